The Bertz CT molecular complexity index is 470. The third-order valence-corrected chi connectivity index (χ3v) is 3.71. The second kappa shape index (κ2) is 5.18. The topological polar surface area (TPSA) is 38.8 Å². The molecule has 0 aromatic heterocycles. The van der Waals surface area contributed by atoms with Crippen molar-refractivity contribution in [1.29, 1.82) is 0 Å². The zero-order valence-corrected chi connectivity index (χ0v) is 12.3. The van der Waals surface area contributed by atoms with Gasteiger partial charge in [-0.2, -0.15) is 0 Å². The number of carbonyl (C=O) groups excluding carboxylic acids is 1. The van der Waals surface area contributed by atoms with Crippen LogP contribution in [0.5, 0.6) is 11.5 Å². The molecule has 1 amide bonds. The van der Waals surface area contributed by atoms with Crippen LogP contribution in [0.2, 0.25) is 0 Å². The molecule has 0 saturated carbocycles. The van der Waals surface area contributed by atoms with Gasteiger partial charge in [0.15, 0.2) is 11.5 Å². The number of rotatable bonds is 3. The normalized spacial score (nSPS) is 15.2. The molecule has 2 rings (SSSR count). The summed E-state index contributed by atoms with van der Waals surface area (Å²) < 4.78 is 11.1. The summed E-state index contributed by atoms with van der Waals surface area (Å²) in [6.07, 6.45) is 0. The SMILES string of the molecule is COc1cc(Br)c(C(=O)N2CC(C)C2)cc1OC. The van der Waals surface area contributed by atoms with Gasteiger partial charge in [-0.25, -0.2) is 0 Å². The van der Waals surface area contributed by atoms with Crippen molar-refractivity contribution in [3.63, 3.8) is 0 Å². The lowest BCUT2D eigenvalue weighted by Gasteiger charge is -2.37. The molecule has 0 atom stereocenters. The summed E-state index contributed by atoms with van der Waals surface area (Å²) >= 11 is 3.41. The molecule has 0 spiro atoms. The molecular weight excluding hydrogens is 298 g/mol. The van der Waals surface area contributed by atoms with E-state index in [0.29, 0.717) is 23.0 Å². The minimum atomic E-state index is 0.0286. The van der Waals surface area contributed by atoms with E-state index in [2.05, 4.69) is 22.9 Å². The van der Waals surface area contributed by atoms with Crippen LogP contribution in [0.1, 0.15) is 17.3 Å². The van der Waals surface area contributed by atoms with Gasteiger partial charge in [0.05, 0.1) is 19.8 Å². The number of halogens is 1. The van der Waals surface area contributed by atoms with Crippen molar-refractivity contribution >= 4 is 21.8 Å². The molecule has 98 valence electrons. The number of likely N-dealkylation sites (tertiary alicyclic amines) is 1. The number of amides is 1. The molecule has 1 saturated heterocycles. The van der Waals surface area contributed by atoms with Crippen LogP contribution in [0, 0.1) is 5.92 Å². The number of hydrogen-bond acceptors (Lipinski definition) is 3. The summed E-state index contributed by atoms with van der Waals surface area (Å²) in [5.41, 5.74) is 0.611. The van der Waals surface area contributed by atoms with Crippen molar-refractivity contribution in [2.24, 2.45) is 5.92 Å². The smallest absolute Gasteiger partial charge is 0.255 e. The van der Waals surface area contributed by atoms with Crippen LogP contribution in [0.15, 0.2) is 16.6 Å². The molecule has 0 unspecified atom stereocenters. The summed E-state index contributed by atoms with van der Waals surface area (Å²) in [5.74, 6) is 1.80. The molecule has 1 aliphatic heterocycles. The van der Waals surface area contributed by atoms with Gasteiger partial charge < -0.3 is 14.4 Å². The van der Waals surface area contributed by atoms with Crippen molar-refractivity contribution in [2.45, 2.75) is 6.92 Å². The Morgan fingerprint density at radius 3 is 2.33 bits per heavy atom. The predicted octanol–water partition coefficient (Wildman–Crippen LogP) is 2.56. The Kier molecular flexibility index (Phi) is 3.80. The highest BCUT2D eigenvalue weighted by Crippen LogP contribution is 2.34. The van der Waals surface area contributed by atoms with E-state index < -0.39 is 0 Å². The molecule has 1 fully saturated rings. The third-order valence-electron chi connectivity index (χ3n) is 3.05. The molecule has 1 aliphatic rings. The minimum Gasteiger partial charge on any atom is -0.493 e. The predicted molar refractivity (Wildman–Crippen MR) is 72.3 cm³/mol. The number of benzene rings is 1. The first-order valence-corrected chi connectivity index (χ1v) is 6.57. The molecule has 18 heavy (non-hydrogen) atoms. The van der Waals surface area contributed by atoms with E-state index in [-0.39, 0.29) is 5.91 Å². The van der Waals surface area contributed by atoms with E-state index in [9.17, 15) is 4.79 Å². The zero-order chi connectivity index (χ0) is 13.3. The maximum atomic E-state index is 12.3. The summed E-state index contributed by atoms with van der Waals surface area (Å²) in [7, 11) is 3.13. The fourth-order valence-electron chi connectivity index (χ4n) is 2.05. The third kappa shape index (κ3) is 2.32. The van der Waals surface area contributed by atoms with Crippen LogP contribution < -0.4 is 9.47 Å². The molecule has 0 N–H and O–H groups in total. The van der Waals surface area contributed by atoms with Gasteiger partial charge in [-0.1, -0.05) is 6.92 Å². The first kappa shape index (κ1) is 13.2. The molecule has 1 aromatic carbocycles. The number of methoxy groups -OCH3 is 2. The Morgan fingerprint density at radius 1 is 1.28 bits per heavy atom. The van der Waals surface area contributed by atoms with Crippen molar-refractivity contribution in [3.05, 3.63) is 22.2 Å². The molecule has 0 bridgehead atoms. The van der Waals surface area contributed by atoms with Gasteiger partial charge in [0, 0.05) is 17.6 Å². The summed E-state index contributed by atoms with van der Waals surface area (Å²) in [4.78, 5) is 14.1. The second-order valence-corrected chi connectivity index (χ2v) is 5.36. The van der Waals surface area contributed by atoms with E-state index in [0.717, 1.165) is 17.6 Å². The first-order valence-electron chi connectivity index (χ1n) is 5.77. The van der Waals surface area contributed by atoms with Gasteiger partial charge in [0.1, 0.15) is 0 Å². The maximum Gasteiger partial charge on any atom is 0.255 e. The minimum absolute atomic E-state index is 0.0286. The molecule has 1 aromatic rings. The van der Waals surface area contributed by atoms with Gasteiger partial charge in [-0.3, -0.25) is 4.79 Å². The lowest BCUT2D eigenvalue weighted by molar-refractivity contribution is 0.0529. The average molecular weight is 314 g/mol. The highest BCUT2D eigenvalue weighted by atomic mass is 79.9. The molecular formula is C13H16BrNO3. The van der Waals surface area contributed by atoms with Crippen molar-refractivity contribution in [2.75, 3.05) is 27.3 Å². The van der Waals surface area contributed by atoms with Crippen LogP contribution >= 0.6 is 15.9 Å². The molecule has 1 heterocycles. The molecule has 5 heteroatoms. The number of carbonyl (C=O) groups is 1. The lowest BCUT2D eigenvalue weighted by atomic mass is 10.0. The number of nitrogens with zero attached hydrogens (tertiary/aromatic N) is 1. The Morgan fingerprint density at radius 2 is 1.83 bits per heavy atom. The van der Waals surface area contributed by atoms with Crippen molar-refractivity contribution in [3.8, 4) is 11.5 Å². The Hall–Kier alpha value is -1.23. The summed E-state index contributed by atoms with van der Waals surface area (Å²) in [6, 6.07) is 3.48. The Balaban J connectivity index is 2.30. The molecule has 0 aliphatic carbocycles. The van der Waals surface area contributed by atoms with Gasteiger partial charge in [-0.15, -0.1) is 0 Å². The highest BCUT2D eigenvalue weighted by molar-refractivity contribution is 9.10. The lowest BCUT2D eigenvalue weighted by Crippen LogP contribution is -2.48. The second-order valence-electron chi connectivity index (χ2n) is 4.50. The van der Waals surface area contributed by atoms with E-state index >= 15 is 0 Å². The van der Waals surface area contributed by atoms with Crippen LogP contribution in [0.25, 0.3) is 0 Å². The fraction of sp³-hybridized carbons (Fsp3) is 0.462. The highest BCUT2D eigenvalue weighted by Gasteiger charge is 2.29. The van der Waals surface area contributed by atoms with E-state index in [4.69, 9.17) is 9.47 Å². The first-order chi connectivity index (χ1) is 8.56. The van der Waals surface area contributed by atoms with Crippen molar-refractivity contribution < 1.29 is 14.3 Å². The van der Waals surface area contributed by atoms with E-state index in [1.54, 1.807) is 26.4 Å². The van der Waals surface area contributed by atoms with Gasteiger partial charge >= 0.3 is 0 Å². The zero-order valence-electron chi connectivity index (χ0n) is 10.7. The number of ether oxygens (including phenoxy) is 2. The van der Waals surface area contributed by atoms with Crippen molar-refractivity contribution in [1.82, 2.24) is 4.90 Å². The van der Waals surface area contributed by atoms with Gasteiger partial charge in [0.2, 0.25) is 0 Å². The summed E-state index contributed by atoms with van der Waals surface area (Å²) in [5, 5.41) is 0. The largest absolute Gasteiger partial charge is 0.493 e. The molecule has 4 nitrogen and oxygen atoms in total. The average Bonchev–Trinajstić information content (AvgIpc) is 2.33. The maximum absolute atomic E-state index is 12.3. The standard InChI is InChI=1S/C13H16BrNO3/c1-8-6-15(7-8)13(16)9-4-11(17-2)12(18-3)5-10(9)14/h4-5,8H,6-7H2,1-3H3. The number of hydrogen-bond donors (Lipinski definition) is 0. The van der Waals surface area contributed by atoms with Gasteiger partial charge in [-0.05, 0) is 34.0 Å². The van der Waals surface area contributed by atoms with E-state index in [1.807, 2.05) is 4.90 Å². The fourth-order valence-corrected chi connectivity index (χ4v) is 2.55. The molecule has 0 radical (unpaired) electrons. The van der Waals surface area contributed by atoms with Crippen LogP contribution in [0.3, 0.4) is 0 Å². The Labute approximate surface area is 115 Å². The van der Waals surface area contributed by atoms with Gasteiger partial charge in [0.25, 0.3) is 5.91 Å². The van der Waals surface area contributed by atoms with Crippen LogP contribution in [-0.2, 0) is 0 Å². The van der Waals surface area contributed by atoms with E-state index in [1.165, 1.54) is 0 Å². The van der Waals surface area contributed by atoms with Crippen LogP contribution in [-0.4, -0.2) is 38.1 Å². The van der Waals surface area contributed by atoms with Crippen LogP contribution in [0.4, 0.5) is 0 Å². The quantitative estimate of drug-likeness (QED) is 0.861. The summed E-state index contributed by atoms with van der Waals surface area (Å²) in [6.45, 7) is 3.77. The monoisotopic (exact) mass is 313 g/mol.